The van der Waals surface area contributed by atoms with Crippen LogP contribution in [-0.4, -0.2) is 31.4 Å². The molecule has 0 amide bonds. The molecule has 0 unspecified atom stereocenters. The van der Waals surface area contributed by atoms with E-state index in [0.717, 1.165) is 16.7 Å². The maximum atomic E-state index is 10.5. The first kappa shape index (κ1) is 11.5. The summed E-state index contributed by atoms with van der Waals surface area (Å²) in [7, 11) is 0. The third-order valence-corrected chi connectivity index (χ3v) is 2.77. The Kier molecular flexibility index (Phi) is 3.28. The monoisotopic (exact) mass is 254 g/mol. The van der Waals surface area contributed by atoms with Gasteiger partial charge >= 0.3 is 5.82 Å². The van der Waals surface area contributed by atoms with Crippen LogP contribution in [0.3, 0.4) is 0 Å². The van der Waals surface area contributed by atoms with Gasteiger partial charge in [0.05, 0.1) is 17.4 Å². The number of hydrogen-bond acceptors (Lipinski definition) is 7. The zero-order valence-electron chi connectivity index (χ0n) is 9.03. The highest BCUT2D eigenvalue weighted by Gasteiger charge is 2.12. The van der Waals surface area contributed by atoms with E-state index in [9.17, 15) is 10.1 Å². The maximum Gasteiger partial charge on any atom is 0.389 e. The maximum absolute atomic E-state index is 10.5. The van der Waals surface area contributed by atoms with Crippen molar-refractivity contribution >= 4 is 22.3 Å². The second-order valence-electron chi connectivity index (χ2n) is 3.16. The van der Waals surface area contributed by atoms with E-state index in [0.29, 0.717) is 6.54 Å². The predicted molar refractivity (Wildman–Crippen MR) is 62.1 cm³/mol. The van der Waals surface area contributed by atoms with Gasteiger partial charge < -0.3 is 15.4 Å². The molecule has 0 aliphatic heterocycles. The van der Waals surface area contributed by atoms with E-state index in [2.05, 4.69) is 20.6 Å². The Morgan fingerprint density at radius 2 is 2.41 bits per heavy atom. The smallest absolute Gasteiger partial charge is 0.360 e. The highest BCUT2D eigenvalue weighted by Crippen LogP contribution is 2.16. The van der Waals surface area contributed by atoms with Crippen LogP contribution in [0.2, 0.25) is 0 Å². The summed E-state index contributed by atoms with van der Waals surface area (Å²) in [5.74, 6) is -0.165. The Morgan fingerprint density at radius 3 is 3.06 bits per heavy atom. The molecule has 0 aliphatic rings. The molecule has 0 radical (unpaired) electrons. The largest absolute Gasteiger partial charge is 0.389 e. The van der Waals surface area contributed by atoms with Crippen molar-refractivity contribution in [1.29, 1.82) is 0 Å². The molecule has 2 rings (SSSR count). The van der Waals surface area contributed by atoms with E-state index in [1.165, 1.54) is 22.1 Å². The quantitative estimate of drug-likeness (QED) is 0.634. The van der Waals surface area contributed by atoms with Gasteiger partial charge in [-0.05, 0) is 11.8 Å². The van der Waals surface area contributed by atoms with E-state index in [1.54, 1.807) is 6.20 Å². The zero-order chi connectivity index (χ0) is 12.3. The Balaban J connectivity index is 2.05. The first-order valence-electron chi connectivity index (χ1n) is 4.93. The average Bonchev–Trinajstić information content (AvgIpc) is 2.89. The molecular weight excluding hydrogens is 244 g/mol. The van der Waals surface area contributed by atoms with E-state index in [1.807, 2.05) is 6.92 Å². The van der Waals surface area contributed by atoms with Crippen LogP contribution < -0.4 is 5.32 Å². The molecule has 8 nitrogen and oxygen atoms in total. The zero-order valence-corrected chi connectivity index (χ0v) is 9.85. The minimum absolute atomic E-state index is 0.165. The summed E-state index contributed by atoms with van der Waals surface area (Å²) in [5, 5.41) is 26.7. The number of rotatable bonds is 5. The molecule has 1 N–H and O–H groups in total. The Hall–Kier alpha value is -2.03. The molecule has 90 valence electrons. The van der Waals surface area contributed by atoms with Crippen LogP contribution in [-0.2, 0) is 6.54 Å². The van der Waals surface area contributed by atoms with Crippen LogP contribution in [0.1, 0.15) is 11.9 Å². The molecule has 0 spiro atoms. The van der Waals surface area contributed by atoms with E-state index in [4.69, 9.17) is 0 Å². The second kappa shape index (κ2) is 4.87. The normalized spacial score (nSPS) is 10.4. The molecule has 0 aliphatic carbocycles. The fraction of sp³-hybridized carbons (Fsp3) is 0.375. The molecule has 2 aromatic rings. The minimum Gasteiger partial charge on any atom is -0.360 e. The summed E-state index contributed by atoms with van der Waals surface area (Å²) in [4.78, 5) is 9.92. The van der Waals surface area contributed by atoms with Gasteiger partial charge in [0, 0.05) is 6.54 Å². The van der Waals surface area contributed by atoms with Crippen molar-refractivity contribution in [2.45, 2.75) is 13.5 Å². The summed E-state index contributed by atoms with van der Waals surface area (Å²) in [6.45, 7) is 3.14. The van der Waals surface area contributed by atoms with Crippen LogP contribution in [0.15, 0.2) is 12.3 Å². The first-order chi connectivity index (χ1) is 8.19. The Labute approximate surface area is 100 Å². The number of hydrogen-bond donors (Lipinski definition) is 1. The molecule has 2 heterocycles. The van der Waals surface area contributed by atoms with Crippen molar-refractivity contribution in [2.75, 3.05) is 11.9 Å². The lowest BCUT2D eigenvalue weighted by Gasteiger charge is -1.92. The Bertz CT molecular complexity index is 522. The van der Waals surface area contributed by atoms with Gasteiger partial charge in [-0.3, -0.25) is 0 Å². The lowest BCUT2D eigenvalue weighted by molar-refractivity contribution is -0.389. The average molecular weight is 254 g/mol. The van der Waals surface area contributed by atoms with Gasteiger partial charge in [0.15, 0.2) is 0 Å². The van der Waals surface area contributed by atoms with Crippen molar-refractivity contribution in [3.63, 3.8) is 0 Å². The van der Waals surface area contributed by atoms with Gasteiger partial charge in [0.2, 0.25) is 5.13 Å². The SMILES string of the molecule is CCNc1nnc(Cn2ccc([N+](=O)[O-])n2)s1. The van der Waals surface area contributed by atoms with Crippen molar-refractivity contribution in [3.8, 4) is 0 Å². The summed E-state index contributed by atoms with van der Waals surface area (Å²) >= 11 is 1.41. The first-order valence-corrected chi connectivity index (χ1v) is 5.74. The molecule has 0 fully saturated rings. The van der Waals surface area contributed by atoms with E-state index in [-0.39, 0.29) is 5.82 Å². The second-order valence-corrected chi connectivity index (χ2v) is 4.22. The van der Waals surface area contributed by atoms with E-state index >= 15 is 0 Å². The van der Waals surface area contributed by atoms with Gasteiger partial charge in [0.25, 0.3) is 0 Å². The Morgan fingerprint density at radius 1 is 1.59 bits per heavy atom. The summed E-state index contributed by atoms with van der Waals surface area (Å²) in [6, 6.07) is 1.35. The molecule has 2 aromatic heterocycles. The van der Waals surface area contributed by atoms with Gasteiger partial charge in [-0.2, -0.15) is 4.68 Å². The fourth-order valence-corrected chi connectivity index (χ4v) is 2.01. The molecule has 9 heteroatoms. The third-order valence-electron chi connectivity index (χ3n) is 1.91. The van der Waals surface area contributed by atoms with Crippen LogP contribution in [0, 0.1) is 10.1 Å². The highest BCUT2D eigenvalue weighted by molar-refractivity contribution is 7.15. The number of nitrogens with zero attached hydrogens (tertiary/aromatic N) is 5. The van der Waals surface area contributed by atoms with Gasteiger partial charge in [-0.25, -0.2) is 0 Å². The number of nitrogens with one attached hydrogen (secondary N) is 1. The minimum atomic E-state index is -0.527. The van der Waals surface area contributed by atoms with Crippen molar-refractivity contribution < 1.29 is 4.92 Å². The van der Waals surface area contributed by atoms with E-state index < -0.39 is 4.92 Å². The van der Waals surface area contributed by atoms with Crippen LogP contribution in [0.5, 0.6) is 0 Å². The summed E-state index contributed by atoms with van der Waals surface area (Å²) in [6.07, 6.45) is 1.55. The van der Waals surface area contributed by atoms with Crippen molar-refractivity contribution in [1.82, 2.24) is 20.0 Å². The van der Waals surface area contributed by atoms with Gasteiger partial charge in [0.1, 0.15) is 11.6 Å². The predicted octanol–water partition coefficient (Wildman–Crippen LogP) is 1.12. The molecule has 0 saturated carbocycles. The van der Waals surface area contributed by atoms with Crippen LogP contribution >= 0.6 is 11.3 Å². The van der Waals surface area contributed by atoms with Gasteiger partial charge in [-0.15, -0.1) is 10.2 Å². The van der Waals surface area contributed by atoms with Crippen LogP contribution in [0.25, 0.3) is 0 Å². The lowest BCUT2D eigenvalue weighted by atomic mass is 10.6. The summed E-state index contributed by atoms with van der Waals surface area (Å²) in [5.41, 5.74) is 0. The molecule has 0 saturated heterocycles. The highest BCUT2D eigenvalue weighted by atomic mass is 32.1. The molecule has 0 atom stereocenters. The summed E-state index contributed by atoms with van der Waals surface area (Å²) < 4.78 is 1.47. The molecule has 17 heavy (non-hydrogen) atoms. The lowest BCUT2D eigenvalue weighted by Crippen LogP contribution is -2.00. The number of anilines is 1. The third kappa shape index (κ3) is 2.75. The molecular formula is C8H10N6O2S. The topological polar surface area (TPSA) is 98.8 Å². The standard InChI is InChI=1S/C8H10N6O2S/c1-2-9-8-11-10-7(17-8)5-13-4-3-6(12-13)14(15)16/h3-4H,2,5H2,1H3,(H,9,11). The fourth-order valence-electron chi connectivity index (χ4n) is 1.22. The number of nitro groups is 1. The number of aromatic nitrogens is 4. The molecule has 0 bridgehead atoms. The van der Waals surface area contributed by atoms with Crippen LogP contribution in [0.4, 0.5) is 10.9 Å². The van der Waals surface area contributed by atoms with Crippen molar-refractivity contribution in [2.24, 2.45) is 0 Å². The molecule has 0 aromatic carbocycles. The van der Waals surface area contributed by atoms with Gasteiger partial charge in [-0.1, -0.05) is 11.3 Å². The van der Waals surface area contributed by atoms with Crippen molar-refractivity contribution in [3.05, 3.63) is 27.4 Å².